The van der Waals surface area contributed by atoms with Crippen molar-refractivity contribution in [3.8, 4) is 23.2 Å². The Morgan fingerprint density at radius 2 is 1.69 bits per heavy atom. The van der Waals surface area contributed by atoms with Crippen LogP contribution < -0.4 is 0 Å². The molecule has 32 heavy (non-hydrogen) atoms. The van der Waals surface area contributed by atoms with Gasteiger partial charge in [0.25, 0.3) is 0 Å². The molecule has 0 saturated carbocycles. The molecule has 0 amide bonds. The van der Waals surface area contributed by atoms with Crippen molar-refractivity contribution in [2.24, 2.45) is 0 Å². The molecule has 2 aromatic carbocycles. The minimum Gasteiger partial charge on any atom is -0.385 e. The van der Waals surface area contributed by atoms with Crippen LogP contribution in [0.3, 0.4) is 0 Å². The smallest absolute Gasteiger partial charge is 0.175 e. The molecule has 0 aliphatic heterocycles. The Bertz CT molecular complexity index is 1390. The molecule has 8 heteroatoms. The number of benzene rings is 2. The van der Waals surface area contributed by atoms with Crippen molar-refractivity contribution in [2.75, 3.05) is 6.26 Å². The number of rotatable bonds is 5. The number of aliphatic hydroxyl groups excluding tert-OH is 1. The van der Waals surface area contributed by atoms with Gasteiger partial charge in [0.05, 0.1) is 11.4 Å². The highest BCUT2D eigenvalue weighted by molar-refractivity contribution is 7.90. The fourth-order valence-electron chi connectivity index (χ4n) is 3.17. The number of imidazole rings is 1. The Labute approximate surface area is 186 Å². The summed E-state index contributed by atoms with van der Waals surface area (Å²) >= 11 is 0. The molecule has 0 saturated heterocycles. The number of aliphatic hydroxyl groups is 1. The maximum absolute atomic E-state index is 11.5. The van der Waals surface area contributed by atoms with E-state index in [-0.39, 0.29) is 4.90 Å². The van der Waals surface area contributed by atoms with Gasteiger partial charge in [0, 0.05) is 41.4 Å². The summed E-state index contributed by atoms with van der Waals surface area (Å²) in [6, 6.07) is 15.9. The molecule has 0 bridgehead atoms. The van der Waals surface area contributed by atoms with Crippen molar-refractivity contribution in [1.29, 1.82) is 0 Å². The Hall–Kier alpha value is -3.67. The normalized spacial score (nSPS) is 12.2. The molecule has 7 nitrogen and oxygen atoms in total. The summed E-state index contributed by atoms with van der Waals surface area (Å²) in [5, 5.41) is 13.9. The van der Waals surface area contributed by atoms with Crippen molar-refractivity contribution >= 4 is 9.84 Å². The third-order valence-corrected chi connectivity index (χ3v) is 5.94. The molecular weight excluding hydrogens is 426 g/mol. The maximum atomic E-state index is 11.5. The van der Waals surface area contributed by atoms with Crippen LogP contribution >= 0.6 is 0 Å². The highest BCUT2D eigenvalue weighted by Crippen LogP contribution is 2.22. The van der Waals surface area contributed by atoms with Crippen LogP contribution in [0, 0.1) is 11.8 Å². The van der Waals surface area contributed by atoms with Gasteiger partial charge in [-0.1, -0.05) is 17.0 Å². The van der Waals surface area contributed by atoms with E-state index in [9.17, 15) is 13.5 Å². The topological polar surface area (TPSA) is 98.2 Å². The van der Waals surface area contributed by atoms with Gasteiger partial charge < -0.3 is 14.2 Å². The van der Waals surface area contributed by atoms with Gasteiger partial charge in [-0.15, -0.1) is 0 Å². The lowest BCUT2D eigenvalue weighted by Crippen LogP contribution is -2.07. The van der Waals surface area contributed by atoms with Gasteiger partial charge in [-0.2, -0.15) is 0 Å². The molecule has 1 N–H and O–H groups in total. The van der Waals surface area contributed by atoms with Crippen molar-refractivity contribution in [3.05, 3.63) is 89.6 Å². The molecule has 0 aliphatic rings. The summed E-state index contributed by atoms with van der Waals surface area (Å²) in [4.78, 5) is 4.43. The summed E-state index contributed by atoms with van der Waals surface area (Å²) in [5.41, 5.74) is 3.15. The highest BCUT2D eigenvalue weighted by atomic mass is 32.2. The van der Waals surface area contributed by atoms with Gasteiger partial charge in [-0.3, -0.25) is 0 Å². The van der Waals surface area contributed by atoms with E-state index < -0.39 is 15.9 Å². The highest BCUT2D eigenvalue weighted by Gasteiger charge is 2.12. The molecule has 4 aromatic rings. The SMILES string of the molecule is C[C@H](O)c1nccn1Cc1cc(-c2ccc(C#Cc3ccc(S(C)(=O)=O)cc3)cc2)on1. The molecule has 0 spiro atoms. The van der Waals surface area contributed by atoms with E-state index in [1.165, 1.54) is 6.26 Å². The monoisotopic (exact) mass is 447 g/mol. The zero-order valence-corrected chi connectivity index (χ0v) is 18.4. The van der Waals surface area contributed by atoms with Crippen LogP contribution in [0.4, 0.5) is 0 Å². The van der Waals surface area contributed by atoms with Gasteiger partial charge in [-0.05, 0) is 55.5 Å². The lowest BCUT2D eigenvalue weighted by atomic mass is 10.1. The Morgan fingerprint density at radius 1 is 1.06 bits per heavy atom. The van der Waals surface area contributed by atoms with Gasteiger partial charge >= 0.3 is 0 Å². The molecule has 0 radical (unpaired) electrons. The van der Waals surface area contributed by atoms with Crippen LogP contribution in [-0.2, 0) is 16.4 Å². The second-order valence-corrected chi connectivity index (χ2v) is 9.41. The Morgan fingerprint density at radius 3 is 2.28 bits per heavy atom. The van der Waals surface area contributed by atoms with Gasteiger partial charge in [0.1, 0.15) is 17.6 Å². The average molecular weight is 448 g/mol. The predicted molar refractivity (Wildman–Crippen MR) is 119 cm³/mol. The van der Waals surface area contributed by atoms with Crippen molar-refractivity contribution in [3.63, 3.8) is 0 Å². The summed E-state index contributed by atoms with van der Waals surface area (Å²) in [6.07, 6.45) is 3.95. The quantitative estimate of drug-likeness (QED) is 0.471. The number of hydrogen-bond donors (Lipinski definition) is 1. The van der Waals surface area contributed by atoms with Crippen molar-refractivity contribution in [2.45, 2.75) is 24.5 Å². The standard InChI is InChI=1S/C24H21N3O4S/c1-17(28)24-25-13-14-27(24)16-21-15-23(31-26-21)20-9-5-18(6-10-20)3-4-19-7-11-22(12-8-19)32(2,29)30/h5-15,17,28H,16H2,1-2H3/t17-/m0/s1. The maximum Gasteiger partial charge on any atom is 0.175 e. The number of nitrogens with zero attached hydrogens (tertiary/aromatic N) is 3. The molecule has 4 rings (SSSR count). The van der Waals surface area contributed by atoms with Crippen LogP contribution in [-0.4, -0.2) is 34.5 Å². The first-order valence-electron chi connectivity index (χ1n) is 9.87. The molecule has 0 fully saturated rings. The molecule has 1 atom stereocenters. The molecule has 2 heterocycles. The molecule has 162 valence electrons. The largest absolute Gasteiger partial charge is 0.385 e. The zero-order chi connectivity index (χ0) is 22.7. The van der Waals surface area contributed by atoms with Gasteiger partial charge in [-0.25, -0.2) is 13.4 Å². The van der Waals surface area contributed by atoms with Crippen LogP contribution in [0.2, 0.25) is 0 Å². The van der Waals surface area contributed by atoms with E-state index in [4.69, 9.17) is 4.52 Å². The number of hydrogen-bond acceptors (Lipinski definition) is 6. The van der Waals surface area contributed by atoms with Crippen molar-refractivity contribution in [1.82, 2.24) is 14.7 Å². The van der Waals surface area contributed by atoms with Crippen molar-refractivity contribution < 1.29 is 18.0 Å². The van der Waals surface area contributed by atoms with E-state index in [0.717, 1.165) is 22.4 Å². The lowest BCUT2D eigenvalue weighted by Gasteiger charge is -2.07. The fourth-order valence-corrected chi connectivity index (χ4v) is 3.80. The molecule has 0 aliphatic carbocycles. The summed E-state index contributed by atoms with van der Waals surface area (Å²) < 4.78 is 30.4. The van der Waals surface area contributed by atoms with Gasteiger partial charge in [0.15, 0.2) is 15.6 Å². The third kappa shape index (κ3) is 4.97. The first kappa shape index (κ1) is 21.6. The van der Waals surface area contributed by atoms with E-state index in [2.05, 4.69) is 22.0 Å². The van der Waals surface area contributed by atoms with E-state index in [0.29, 0.717) is 18.1 Å². The summed E-state index contributed by atoms with van der Waals surface area (Å²) in [5.74, 6) is 7.31. The van der Waals surface area contributed by atoms with E-state index in [1.54, 1.807) is 43.6 Å². The summed E-state index contributed by atoms with van der Waals surface area (Å²) in [7, 11) is -3.21. The first-order valence-corrected chi connectivity index (χ1v) is 11.8. The molecule has 2 aromatic heterocycles. The lowest BCUT2D eigenvalue weighted by molar-refractivity contribution is 0.184. The fraction of sp³-hybridized carbons (Fsp3) is 0.167. The Kier molecular flexibility index (Phi) is 5.95. The van der Waals surface area contributed by atoms with Gasteiger partial charge in [0.2, 0.25) is 0 Å². The second-order valence-electron chi connectivity index (χ2n) is 7.40. The van der Waals surface area contributed by atoms with Crippen LogP contribution in [0.15, 0.2) is 76.4 Å². The predicted octanol–water partition coefficient (Wildman–Crippen LogP) is 3.44. The number of aromatic nitrogens is 3. The van der Waals surface area contributed by atoms with Crippen LogP contribution in [0.1, 0.15) is 35.7 Å². The zero-order valence-electron chi connectivity index (χ0n) is 17.6. The minimum atomic E-state index is -3.21. The third-order valence-electron chi connectivity index (χ3n) is 4.82. The van der Waals surface area contributed by atoms with Crippen LogP contribution in [0.5, 0.6) is 0 Å². The summed E-state index contributed by atoms with van der Waals surface area (Å²) in [6.45, 7) is 2.12. The molecular formula is C24H21N3O4S. The second kappa shape index (κ2) is 8.83. The van der Waals surface area contributed by atoms with Crippen LogP contribution in [0.25, 0.3) is 11.3 Å². The minimum absolute atomic E-state index is 0.272. The van der Waals surface area contributed by atoms with E-state index in [1.807, 2.05) is 34.9 Å². The molecule has 0 unspecified atom stereocenters. The number of sulfone groups is 1. The Balaban J connectivity index is 1.46. The van der Waals surface area contributed by atoms with E-state index >= 15 is 0 Å². The average Bonchev–Trinajstić information content (AvgIpc) is 3.42. The first-order chi connectivity index (χ1) is 15.3.